The number of carbonyl (C=O) groups excluding carboxylic acids is 2. The van der Waals surface area contributed by atoms with Crippen molar-refractivity contribution in [2.75, 3.05) is 6.61 Å². The van der Waals surface area contributed by atoms with Gasteiger partial charge in [-0.25, -0.2) is 4.79 Å². The summed E-state index contributed by atoms with van der Waals surface area (Å²) in [6, 6.07) is 0. The van der Waals surface area contributed by atoms with E-state index in [0.29, 0.717) is 18.3 Å². The Hall–Kier alpha value is -1.58. The Morgan fingerprint density at radius 3 is 1.71 bits per heavy atom. The molecule has 31 heavy (non-hydrogen) atoms. The van der Waals surface area contributed by atoms with E-state index < -0.39 is 17.5 Å². The van der Waals surface area contributed by atoms with Crippen LogP contribution in [-0.2, 0) is 19.1 Å². The van der Waals surface area contributed by atoms with Gasteiger partial charge in [0.15, 0.2) is 6.10 Å². The van der Waals surface area contributed by atoms with Gasteiger partial charge in [0.1, 0.15) is 0 Å². The Morgan fingerprint density at radius 1 is 0.806 bits per heavy atom. The minimum absolute atomic E-state index is 0.169. The standard InChI is InChI=1S/C27H48O4/c1-12-21(22(28)30-13-2)31-23(29)27(10,11)20-26(8,9)18-16-14-15-17-25(6,7)19-24(3,4)5/h15-18,21H,12-14,19-20H2,1-11H3/b17-15-,18-16-. The summed E-state index contributed by atoms with van der Waals surface area (Å²) in [4.78, 5) is 24.7. The molecule has 4 nitrogen and oxygen atoms in total. The lowest BCUT2D eigenvalue weighted by Gasteiger charge is -2.32. The zero-order chi connectivity index (χ0) is 24.5. The van der Waals surface area contributed by atoms with Gasteiger partial charge in [-0.1, -0.05) is 79.7 Å². The molecule has 0 N–H and O–H groups in total. The van der Waals surface area contributed by atoms with Crippen molar-refractivity contribution in [1.82, 2.24) is 0 Å². The molecule has 0 heterocycles. The van der Waals surface area contributed by atoms with Crippen molar-refractivity contribution in [3.8, 4) is 0 Å². The van der Waals surface area contributed by atoms with Crippen LogP contribution in [0.2, 0.25) is 0 Å². The molecule has 0 spiro atoms. The lowest BCUT2D eigenvalue weighted by Crippen LogP contribution is -2.37. The van der Waals surface area contributed by atoms with Gasteiger partial charge in [-0.05, 0) is 62.7 Å². The summed E-state index contributed by atoms with van der Waals surface area (Å²) in [6.45, 7) is 23.2. The van der Waals surface area contributed by atoms with Gasteiger partial charge in [0.05, 0.1) is 12.0 Å². The predicted octanol–water partition coefficient (Wildman–Crippen LogP) is 7.28. The minimum Gasteiger partial charge on any atom is -0.463 e. The first-order chi connectivity index (χ1) is 13.9. The number of carbonyl (C=O) groups is 2. The van der Waals surface area contributed by atoms with Crippen LogP contribution in [0.15, 0.2) is 24.3 Å². The summed E-state index contributed by atoms with van der Waals surface area (Å²) in [5.74, 6) is -0.841. The average Bonchev–Trinajstić information content (AvgIpc) is 2.55. The van der Waals surface area contributed by atoms with Crippen LogP contribution in [-0.4, -0.2) is 24.6 Å². The molecule has 1 atom stereocenters. The van der Waals surface area contributed by atoms with Crippen molar-refractivity contribution >= 4 is 11.9 Å². The van der Waals surface area contributed by atoms with E-state index in [-0.39, 0.29) is 23.4 Å². The number of hydrogen-bond acceptors (Lipinski definition) is 4. The highest BCUT2D eigenvalue weighted by molar-refractivity contribution is 5.82. The van der Waals surface area contributed by atoms with Crippen LogP contribution >= 0.6 is 0 Å². The van der Waals surface area contributed by atoms with Crippen molar-refractivity contribution < 1.29 is 19.1 Å². The molecule has 180 valence electrons. The van der Waals surface area contributed by atoms with E-state index in [0.717, 1.165) is 12.8 Å². The van der Waals surface area contributed by atoms with Gasteiger partial charge in [-0.2, -0.15) is 0 Å². The van der Waals surface area contributed by atoms with Crippen LogP contribution < -0.4 is 0 Å². The molecule has 0 aliphatic carbocycles. The summed E-state index contributed by atoms with van der Waals surface area (Å²) in [5.41, 5.74) is -0.417. The fourth-order valence-electron chi connectivity index (χ4n) is 4.37. The third kappa shape index (κ3) is 12.8. The van der Waals surface area contributed by atoms with Crippen LogP contribution in [0.25, 0.3) is 0 Å². The number of allylic oxidation sites excluding steroid dienone is 4. The SMILES string of the molecule is CCOC(=O)C(CC)OC(=O)C(C)(C)CC(C)(C)/C=C\C/C=C\C(C)(C)CC(C)(C)C. The van der Waals surface area contributed by atoms with Gasteiger partial charge in [-0.3, -0.25) is 4.79 Å². The molecule has 0 aliphatic rings. The van der Waals surface area contributed by atoms with Gasteiger partial charge in [0, 0.05) is 0 Å². The Morgan fingerprint density at radius 2 is 1.29 bits per heavy atom. The zero-order valence-corrected chi connectivity index (χ0v) is 22.1. The Balaban J connectivity index is 4.92. The van der Waals surface area contributed by atoms with Crippen molar-refractivity contribution in [1.29, 1.82) is 0 Å². The van der Waals surface area contributed by atoms with Crippen LogP contribution in [0.4, 0.5) is 0 Å². The van der Waals surface area contributed by atoms with Crippen molar-refractivity contribution in [3.05, 3.63) is 24.3 Å². The summed E-state index contributed by atoms with van der Waals surface area (Å²) in [7, 11) is 0. The molecule has 0 aromatic carbocycles. The Labute approximate surface area is 191 Å². The molecule has 0 fully saturated rings. The minimum atomic E-state index is -0.841. The van der Waals surface area contributed by atoms with Gasteiger partial charge in [0.25, 0.3) is 0 Å². The second-order valence-electron chi connectivity index (χ2n) is 11.9. The van der Waals surface area contributed by atoms with Crippen molar-refractivity contribution in [2.45, 2.75) is 108 Å². The summed E-state index contributed by atoms with van der Waals surface area (Å²) < 4.78 is 10.5. The fraction of sp³-hybridized carbons (Fsp3) is 0.778. The Kier molecular flexibility index (Phi) is 11.3. The fourth-order valence-corrected chi connectivity index (χ4v) is 4.37. The maximum absolute atomic E-state index is 12.8. The highest BCUT2D eigenvalue weighted by atomic mass is 16.6. The second-order valence-corrected chi connectivity index (χ2v) is 11.9. The second kappa shape index (κ2) is 11.9. The number of rotatable bonds is 12. The van der Waals surface area contributed by atoms with Gasteiger partial charge in [-0.15, -0.1) is 0 Å². The third-order valence-electron chi connectivity index (χ3n) is 5.02. The van der Waals surface area contributed by atoms with Gasteiger partial charge in [0.2, 0.25) is 0 Å². The molecule has 4 heteroatoms. The topological polar surface area (TPSA) is 52.6 Å². The molecule has 0 aliphatic heterocycles. The van der Waals surface area contributed by atoms with E-state index in [1.54, 1.807) is 6.92 Å². The van der Waals surface area contributed by atoms with Crippen LogP contribution in [0.5, 0.6) is 0 Å². The average molecular weight is 437 g/mol. The van der Waals surface area contributed by atoms with Crippen molar-refractivity contribution in [2.24, 2.45) is 21.7 Å². The molecule has 0 aromatic heterocycles. The molecule has 1 unspecified atom stereocenters. The van der Waals surface area contributed by atoms with Crippen LogP contribution in [0.3, 0.4) is 0 Å². The van der Waals surface area contributed by atoms with Crippen LogP contribution in [0.1, 0.15) is 102 Å². The first-order valence-corrected chi connectivity index (χ1v) is 11.7. The van der Waals surface area contributed by atoms with Crippen molar-refractivity contribution in [3.63, 3.8) is 0 Å². The summed E-state index contributed by atoms with van der Waals surface area (Å²) >= 11 is 0. The first kappa shape index (κ1) is 29.4. The van der Waals surface area contributed by atoms with E-state index in [1.807, 2.05) is 20.8 Å². The van der Waals surface area contributed by atoms with E-state index in [4.69, 9.17) is 9.47 Å². The highest BCUT2D eigenvalue weighted by Gasteiger charge is 2.37. The highest BCUT2D eigenvalue weighted by Crippen LogP contribution is 2.37. The largest absolute Gasteiger partial charge is 0.463 e. The summed E-state index contributed by atoms with van der Waals surface area (Å²) in [6.07, 6.45) is 11.0. The van der Waals surface area contributed by atoms with E-state index in [2.05, 4.69) is 72.8 Å². The number of ether oxygens (including phenoxy) is 2. The van der Waals surface area contributed by atoms with E-state index >= 15 is 0 Å². The number of esters is 2. The molecule has 0 radical (unpaired) electrons. The summed E-state index contributed by atoms with van der Waals surface area (Å²) in [5, 5.41) is 0. The maximum atomic E-state index is 12.8. The van der Waals surface area contributed by atoms with E-state index in [9.17, 15) is 9.59 Å². The molecule has 0 saturated heterocycles. The lowest BCUT2D eigenvalue weighted by atomic mass is 9.74. The molecule has 0 rings (SSSR count). The molecular formula is C27H48O4. The smallest absolute Gasteiger partial charge is 0.347 e. The zero-order valence-electron chi connectivity index (χ0n) is 22.1. The number of hydrogen-bond donors (Lipinski definition) is 0. The molecule has 0 bridgehead atoms. The molecule has 0 aromatic rings. The van der Waals surface area contributed by atoms with Gasteiger partial charge >= 0.3 is 11.9 Å². The Bertz CT molecular complexity index is 630. The van der Waals surface area contributed by atoms with Gasteiger partial charge < -0.3 is 9.47 Å². The first-order valence-electron chi connectivity index (χ1n) is 11.7. The molecule has 0 saturated carbocycles. The molecule has 0 amide bonds. The monoisotopic (exact) mass is 436 g/mol. The predicted molar refractivity (Wildman–Crippen MR) is 130 cm³/mol. The quantitative estimate of drug-likeness (QED) is 0.238. The normalized spacial score (nSPS) is 14.8. The van der Waals surface area contributed by atoms with Crippen LogP contribution in [0, 0.1) is 21.7 Å². The maximum Gasteiger partial charge on any atom is 0.347 e. The third-order valence-corrected chi connectivity index (χ3v) is 5.02. The molecular weight excluding hydrogens is 388 g/mol. The lowest BCUT2D eigenvalue weighted by molar-refractivity contribution is -0.174. The van der Waals surface area contributed by atoms with E-state index in [1.165, 1.54) is 0 Å².